The molecule has 0 aliphatic carbocycles. The lowest BCUT2D eigenvalue weighted by Gasteiger charge is -2.13. The minimum atomic E-state index is 1.27. The van der Waals surface area contributed by atoms with E-state index in [2.05, 4.69) is 86.6 Å². The van der Waals surface area contributed by atoms with Crippen LogP contribution in [0.4, 0.5) is 0 Å². The second-order valence-corrected chi connectivity index (χ2v) is 5.23. The fourth-order valence-electron chi connectivity index (χ4n) is 2.62. The average molecular weight is 258 g/mol. The molecule has 0 saturated carbocycles. The molecule has 0 atom stereocenters. The molecule has 3 aromatic rings. The van der Waals surface area contributed by atoms with Gasteiger partial charge in [-0.15, -0.1) is 0 Å². The van der Waals surface area contributed by atoms with E-state index < -0.39 is 0 Å². The second-order valence-electron chi connectivity index (χ2n) is 5.23. The highest BCUT2D eigenvalue weighted by Gasteiger charge is 2.09. The van der Waals surface area contributed by atoms with Crippen molar-refractivity contribution in [3.05, 3.63) is 83.9 Å². The van der Waals surface area contributed by atoms with Crippen molar-refractivity contribution in [1.82, 2.24) is 0 Å². The zero-order chi connectivity index (χ0) is 13.9. The van der Waals surface area contributed by atoms with Crippen molar-refractivity contribution in [1.29, 1.82) is 0 Å². The molecule has 0 aromatic heterocycles. The summed E-state index contributed by atoms with van der Waals surface area (Å²) >= 11 is 0. The molecule has 0 heteroatoms. The number of hydrogen-bond donors (Lipinski definition) is 0. The average Bonchev–Trinajstić information content (AvgIpc) is 2.49. The number of aryl methyl sites for hydroxylation is 2. The van der Waals surface area contributed by atoms with Crippen LogP contribution in [0.25, 0.3) is 22.3 Å². The maximum Gasteiger partial charge on any atom is -0.0103 e. The zero-order valence-electron chi connectivity index (χ0n) is 11.9. The van der Waals surface area contributed by atoms with Gasteiger partial charge in [0.2, 0.25) is 0 Å². The molecule has 20 heavy (non-hydrogen) atoms. The van der Waals surface area contributed by atoms with Crippen molar-refractivity contribution in [2.45, 2.75) is 13.8 Å². The molecule has 0 radical (unpaired) electrons. The van der Waals surface area contributed by atoms with Gasteiger partial charge in [0, 0.05) is 0 Å². The summed E-state index contributed by atoms with van der Waals surface area (Å²) in [7, 11) is 0. The molecule has 0 aliphatic heterocycles. The Hall–Kier alpha value is -2.34. The Morgan fingerprint density at radius 3 is 2.00 bits per heavy atom. The van der Waals surface area contributed by atoms with E-state index in [4.69, 9.17) is 0 Å². The molecule has 0 nitrogen and oxygen atoms in total. The Morgan fingerprint density at radius 2 is 1.25 bits per heavy atom. The first-order chi connectivity index (χ1) is 9.75. The van der Waals surface area contributed by atoms with Gasteiger partial charge in [-0.2, -0.15) is 0 Å². The highest BCUT2D eigenvalue weighted by Crippen LogP contribution is 2.34. The molecule has 0 bridgehead atoms. The third-order valence-electron chi connectivity index (χ3n) is 3.70. The van der Waals surface area contributed by atoms with Crippen LogP contribution in [0.1, 0.15) is 11.1 Å². The molecule has 0 amide bonds. The molecule has 0 saturated heterocycles. The van der Waals surface area contributed by atoms with Crippen LogP contribution in [0.3, 0.4) is 0 Å². The normalized spacial score (nSPS) is 10.5. The van der Waals surface area contributed by atoms with E-state index in [1.54, 1.807) is 0 Å². The van der Waals surface area contributed by atoms with Gasteiger partial charge in [-0.1, -0.05) is 78.4 Å². The molecule has 0 heterocycles. The summed E-state index contributed by atoms with van der Waals surface area (Å²) in [6.07, 6.45) is 0. The summed E-state index contributed by atoms with van der Waals surface area (Å²) in [6.45, 7) is 4.32. The van der Waals surface area contributed by atoms with Crippen molar-refractivity contribution < 1.29 is 0 Å². The lowest BCUT2D eigenvalue weighted by molar-refractivity contribution is 1.43. The standard InChI is InChI=1S/C20H18/c1-15-12-13-19(18-11-7-6-8-16(18)2)20(14-15)17-9-4-3-5-10-17/h3-14H,1-2H3. The molecule has 0 unspecified atom stereocenters. The van der Waals surface area contributed by atoms with E-state index in [1.165, 1.54) is 33.4 Å². The topological polar surface area (TPSA) is 0 Å². The SMILES string of the molecule is Cc1ccc(-c2ccccc2C)c(-c2ccccc2)c1. The Labute approximate surface area is 120 Å². The van der Waals surface area contributed by atoms with Crippen molar-refractivity contribution in [3.63, 3.8) is 0 Å². The molecular weight excluding hydrogens is 240 g/mol. The molecule has 0 N–H and O–H groups in total. The van der Waals surface area contributed by atoms with E-state index in [1.807, 2.05) is 0 Å². The lowest BCUT2D eigenvalue weighted by atomic mass is 9.91. The fourth-order valence-corrected chi connectivity index (χ4v) is 2.62. The van der Waals surface area contributed by atoms with Gasteiger partial charge in [0.05, 0.1) is 0 Å². The molecule has 0 spiro atoms. The quantitative estimate of drug-likeness (QED) is 0.558. The third kappa shape index (κ3) is 2.37. The summed E-state index contributed by atoms with van der Waals surface area (Å²) < 4.78 is 0. The van der Waals surface area contributed by atoms with Crippen LogP contribution in [-0.4, -0.2) is 0 Å². The smallest absolute Gasteiger partial charge is 0.0103 e. The first-order valence-corrected chi connectivity index (χ1v) is 6.98. The minimum Gasteiger partial charge on any atom is -0.0622 e. The maximum absolute atomic E-state index is 2.27. The third-order valence-corrected chi connectivity index (χ3v) is 3.70. The first kappa shape index (κ1) is 12.7. The maximum atomic E-state index is 2.27. The molecule has 3 aromatic carbocycles. The molecule has 98 valence electrons. The van der Waals surface area contributed by atoms with Crippen molar-refractivity contribution in [2.75, 3.05) is 0 Å². The largest absolute Gasteiger partial charge is 0.0622 e. The van der Waals surface area contributed by atoms with E-state index in [9.17, 15) is 0 Å². The van der Waals surface area contributed by atoms with Gasteiger partial charge in [0.15, 0.2) is 0 Å². The Bertz CT molecular complexity index is 724. The van der Waals surface area contributed by atoms with Gasteiger partial charge in [0.1, 0.15) is 0 Å². The summed E-state index contributed by atoms with van der Waals surface area (Å²) in [4.78, 5) is 0. The Kier molecular flexibility index (Phi) is 3.39. The summed E-state index contributed by atoms with van der Waals surface area (Å²) in [5.41, 5.74) is 7.80. The highest BCUT2D eigenvalue weighted by atomic mass is 14.1. The predicted molar refractivity (Wildman–Crippen MR) is 86.8 cm³/mol. The van der Waals surface area contributed by atoms with Gasteiger partial charge in [0.25, 0.3) is 0 Å². The second kappa shape index (κ2) is 5.34. The van der Waals surface area contributed by atoms with Gasteiger partial charge < -0.3 is 0 Å². The lowest BCUT2D eigenvalue weighted by Crippen LogP contribution is -1.89. The first-order valence-electron chi connectivity index (χ1n) is 6.98. The van der Waals surface area contributed by atoms with Gasteiger partial charge in [-0.3, -0.25) is 0 Å². The van der Waals surface area contributed by atoms with Crippen molar-refractivity contribution >= 4 is 0 Å². The number of hydrogen-bond acceptors (Lipinski definition) is 0. The highest BCUT2D eigenvalue weighted by molar-refractivity contribution is 5.85. The van der Waals surface area contributed by atoms with Crippen LogP contribution < -0.4 is 0 Å². The van der Waals surface area contributed by atoms with Crippen molar-refractivity contribution in [3.8, 4) is 22.3 Å². The summed E-state index contributed by atoms with van der Waals surface area (Å²) in [5, 5.41) is 0. The molecule has 3 rings (SSSR count). The van der Waals surface area contributed by atoms with Crippen molar-refractivity contribution in [2.24, 2.45) is 0 Å². The van der Waals surface area contributed by atoms with Crippen LogP contribution in [-0.2, 0) is 0 Å². The van der Waals surface area contributed by atoms with E-state index in [0.29, 0.717) is 0 Å². The van der Waals surface area contributed by atoms with Crippen LogP contribution in [0.15, 0.2) is 72.8 Å². The van der Waals surface area contributed by atoms with Gasteiger partial charge in [-0.05, 0) is 41.7 Å². The van der Waals surface area contributed by atoms with Crippen LogP contribution in [0, 0.1) is 13.8 Å². The number of rotatable bonds is 2. The molecular formula is C20H18. The summed E-state index contributed by atoms with van der Waals surface area (Å²) in [6, 6.07) is 25.9. The van der Waals surface area contributed by atoms with Crippen LogP contribution in [0.5, 0.6) is 0 Å². The van der Waals surface area contributed by atoms with Gasteiger partial charge in [-0.25, -0.2) is 0 Å². The van der Waals surface area contributed by atoms with E-state index in [-0.39, 0.29) is 0 Å². The molecule has 0 fully saturated rings. The number of benzene rings is 3. The minimum absolute atomic E-state index is 1.27. The Morgan fingerprint density at radius 1 is 0.550 bits per heavy atom. The van der Waals surface area contributed by atoms with Gasteiger partial charge >= 0.3 is 0 Å². The monoisotopic (exact) mass is 258 g/mol. The predicted octanol–water partition coefficient (Wildman–Crippen LogP) is 5.64. The van der Waals surface area contributed by atoms with E-state index in [0.717, 1.165) is 0 Å². The summed E-state index contributed by atoms with van der Waals surface area (Å²) in [5.74, 6) is 0. The fraction of sp³-hybridized carbons (Fsp3) is 0.100. The zero-order valence-corrected chi connectivity index (χ0v) is 11.9. The van der Waals surface area contributed by atoms with Crippen LogP contribution in [0.2, 0.25) is 0 Å². The Balaban J connectivity index is 2.25. The van der Waals surface area contributed by atoms with E-state index >= 15 is 0 Å². The van der Waals surface area contributed by atoms with Crippen LogP contribution >= 0.6 is 0 Å². The molecule has 0 aliphatic rings.